The largest absolute Gasteiger partial charge is 0.379 e. The van der Waals surface area contributed by atoms with E-state index in [-0.39, 0.29) is 11.4 Å². The van der Waals surface area contributed by atoms with Gasteiger partial charge in [0.05, 0.1) is 0 Å². The summed E-state index contributed by atoms with van der Waals surface area (Å²) in [6.45, 7) is 0. The van der Waals surface area contributed by atoms with Crippen molar-refractivity contribution in [2.75, 3.05) is 5.32 Å². The number of hydrogen-bond donors (Lipinski definition) is 1. The highest BCUT2D eigenvalue weighted by Gasteiger charge is 2.50. The summed E-state index contributed by atoms with van der Waals surface area (Å²) in [4.78, 5) is 0. The van der Waals surface area contributed by atoms with Crippen molar-refractivity contribution in [3.05, 3.63) is 30.1 Å². The van der Waals surface area contributed by atoms with E-state index in [0.29, 0.717) is 0 Å². The molecule has 4 aliphatic rings. The maximum Gasteiger partial charge on any atom is 0.125 e. The monoisotopic (exact) mass is 245 g/mol. The van der Waals surface area contributed by atoms with Crippen molar-refractivity contribution < 1.29 is 4.39 Å². The standard InChI is InChI=1S/C16H20FN/c17-14-2-1-3-15(7-14)18-16-8-11-4-12(9-16)6-13(5-11)10-16/h1-3,7,11-13,18H,4-6,8-10H2. The molecule has 1 nitrogen and oxygen atoms in total. The lowest BCUT2D eigenvalue weighted by Gasteiger charge is -2.57. The molecule has 4 saturated carbocycles. The fourth-order valence-corrected chi connectivity index (χ4v) is 5.14. The third-order valence-electron chi connectivity index (χ3n) is 5.27. The number of anilines is 1. The van der Waals surface area contributed by atoms with Crippen LogP contribution in [-0.2, 0) is 0 Å². The number of nitrogens with one attached hydrogen (secondary N) is 1. The Bertz CT molecular complexity index is 433. The van der Waals surface area contributed by atoms with Crippen LogP contribution in [0.1, 0.15) is 38.5 Å². The lowest BCUT2D eigenvalue weighted by Crippen LogP contribution is -2.54. The van der Waals surface area contributed by atoms with Crippen LogP contribution in [0.3, 0.4) is 0 Å². The number of benzene rings is 1. The first kappa shape index (κ1) is 10.8. The minimum atomic E-state index is -0.135. The molecule has 96 valence electrons. The zero-order valence-electron chi connectivity index (χ0n) is 10.7. The maximum atomic E-state index is 13.3. The van der Waals surface area contributed by atoms with Gasteiger partial charge in [-0.05, 0) is 74.5 Å². The molecule has 0 radical (unpaired) electrons. The number of hydrogen-bond acceptors (Lipinski definition) is 1. The molecule has 0 aromatic heterocycles. The molecule has 4 fully saturated rings. The molecule has 1 aromatic rings. The van der Waals surface area contributed by atoms with Crippen molar-refractivity contribution in [3.8, 4) is 0 Å². The van der Waals surface area contributed by atoms with Gasteiger partial charge in [-0.15, -0.1) is 0 Å². The van der Waals surface area contributed by atoms with Crippen molar-refractivity contribution in [1.29, 1.82) is 0 Å². The van der Waals surface area contributed by atoms with Crippen LogP contribution in [0.2, 0.25) is 0 Å². The predicted octanol–water partition coefficient (Wildman–Crippen LogP) is 4.21. The predicted molar refractivity (Wildman–Crippen MR) is 70.9 cm³/mol. The Balaban J connectivity index is 1.60. The highest BCUT2D eigenvalue weighted by Crippen LogP contribution is 2.56. The fraction of sp³-hybridized carbons (Fsp3) is 0.625. The molecule has 4 aliphatic carbocycles. The molecule has 0 heterocycles. The molecule has 0 amide bonds. The molecule has 0 saturated heterocycles. The first-order valence-electron chi connectivity index (χ1n) is 7.25. The van der Waals surface area contributed by atoms with Gasteiger partial charge in [-0.3, -0.25) is 0 Å². The highest BCUT2D eigenvalue weighted by molar-refractivity contribution is 5.46. The van der Waals surface area contributed by atoms with Crippen molar-refractivity contribution in [2.24, 2.45) is 17.8 Å². The van der Waals surface area contributed by atoms with Gasteiger partial charge in [-0.1, -0.05) is 6.07 Å². The van der Waals surface area contributed by atoms with Gasteiger partial charge < -0.3 is 5.32 Å². The van der Waals surface area contributed by atoms with Crippen LogP contribution >= 0.6 is 0 Å². The molecule has 0 unspecified atom stereocenters. The summed E-state index contributed by atoms with van der Waals surface area (Å²) >= 11 is 0. The van der Waals surface area contributed by atoms with Gasteiger partial charge in [0.2, 0.25) is 0 Å². The molecule has 0 aliphatic heterocycles. The summed E-state index contributed by atoms with van der Waals surface area (Å²) in [6.07, 6.45) is 8.25. The Morgan fingerprint density at radius 3 is 2.17 bits per heavy atom. The zero-order chi connectivity index (χ0) is 12.2. The molecule has 4 bridgehead atoms. The molecule has 0 spiro atoms. The van der Waals surface area contributed by atoms with Gasteiger partial charge in [0, 0.05) is 11.2 Å². The average Bonchev–Trinajstić information content (AvgIpc) is 2.25. The molecule has 5 rings (SSSR count). The second-order valence-corrected chi connectivity index (χ2v) is 6.83. The Kier molecular flexibility index (Phi) is 2.24. The summed E-state index contributed by atoms with van der Waals surface area (Å²) in [5, 5.41) is 3.69. The topological polar surface area (TPSA) is 12.0 Å². The van der Waals surface area contributed by atoms with Crippen LogP contribution in [0.15, 0.2) is 24.3 Å². The van der Waals surface area contributed by atoms with Crippen LogP contribution < -0.4 is 5.32 Å². The minimum absolute atomic E-state index is 0.135. The summed E-state index contributed by atoms with van der Waals surface area (Å²) in [5.41, 5.74) is 1.25. The van der Waals surface area contributed by atoms with Crippen molar-refractivity contribution in [1.82, 2.24) is 0 Å². The Morgan fingerprint density at radius 2 is 1.61 bits per heavy atom. The normalized spacial score (nSPS) is 41.1. The summed E-state index contributed by atoms with van der Waals surface area (Å²) in [6, 6.07) is 6.96. The van der Waals surface area contributed by atoms with Gasteiger partial charge in [-0.25, -0.2) is 4.39 Å². The van der Waals surface area contributed by atoms with Crippen LogP contribution in [0.25, 0.3) is 0 Å². The quantitative estimate of drug-likeness (QED) is 0.823. The highest BCUT2D eigenvalue weighted by atomic mass is 19.1. The Labute approximate surface area is 108 Å². The molecular weight excluding hydrogens is 225 g/mol. The van der Waals surface area contributed by atoms with Gasteiger partial charge in [0.25, 0.3) is 0 Å². The van der Waals surface area contributed by atoms with E-state index in [9.17, 15) is 4.39 Å². The van der Waals surface area contributed by atoms with Crippen LogP contribution in [-0.4, -0.2) is 5.54 Å². The average molecular weight is 245 g/mol. The first-order chi connectivity index (χ1) is 8.71. The summed E-state index contributed by atoms with van der Waals surface area (Å²) in [7, 11) is 0. The van der Waals surface area contributed by atoms with Crippen molar-refractivity contribution in [2.45, 2.75) is 44.1 Å². The second-order valence-electron chi connectivity index (χ2n) is 6.83. The van der Waals surface area contributed by atoms with Gasteiger partial charge in [0.1, 0.15) is 5.82 Å². The van der Waals surface area contributed by atoms with E-state index in [4.69, 9.17) is 0 Å². The Morgan fingerprint density at radius 1 is 1.00 bits per heavy atom. The smallest absolute Gasteiger partial charge is 0.125 e. The molecular formula is C16H20FN. The van der Waals surface area contributed by atoms with Crippen LogP contribution in [0.5, 0.6) is 0 Å². The fourth-order valence-electron chi connectivity index (χ4n) is 5.14. The lowest BCUT2D eigenvalue weighted by atomic mass is 9.53. The zero-order valence-corrected chi connectivity index (χ0v) is 10.7. The third kappa shape index (κ3) is 1.73. The lowest BCUT2D eigenvalue weighted by molar-refractivity contribution is 0.0107. The SMILES string of the molecule is Fc1cccc(NC23CC4CC(CC(C4)C2)C3)c1. The second kappa shape index (κ2) is 3.72. The minimum Gasteiger partial charge on any atom is -0.379 e. The molecule has 1 aromatic carbocycles. The molecule has 1 N–H and O–H groups in total. The van der Waals surface area contributed by atoms with Crippen molar-refractivity contribution in [3.63, 3.8) is 0 Å². The molecule has 18 heavy (non-hydrogen) atoms. The first-order valence-corrected chi connectivity index (χ1v) is 7.25. The van der Waals surface area contributed by atoms with E-state index in [2.05, 4.69) is 5.32 Å². The van der Waals surface area contributed by atoms with Gasteiger partial charge >= 0.3 is 0 Å². The Hall–Kier alpha value is -1.05. The summed E-state index contributed by atoms with van der Waals surface area (Å²) < 4.78 is 13.3. The molecule has 0 atom stereocenters. The van der Waals surface area contributed by atoms with Crippen LogP contribution in [0.4, 0.5) is 10.1 Å². The van der Waals surface area contributed by atoms with E-state index in [1.807, 2.05) is 6.07 Å². The molecule has 2 heteroatoms. The third-order valence-corrected chi connectivity index (χ3v) is 5.27. The van der Waals surface area contributed by atoms with E-state index in [1.165, 1.54) is 44.6 Å². The van der Waals surface area contributed by atoms with Crippen LogP contribution in [0, 0.1) is 23.6 Å². The van der Waals surface area contributed by atoms with E-state index < -0.39 is 0 Å². The van der Waals surface area contributed by atoms with Gasteiger partial charge in [0.15, 0.2) is 0 Å². The number of halogens is 1. The van der Waals surface area contributed by atoms with E-state index in [1.54, 1.807) is 12.1 Å². The number of rotatable bonds is 2. The van der Waals surface area contributed by atoms with E-state index >= 15 is 0 Å². The van der Waals surface area contributed by atoms with Crippen molar-refractivity contribution >= 4 is 5.69 Å². The maximum absolute atomic E-state index is 13.3. The summed E-state index contributed by atoms with van der Waals surface area (Å²) in [5.74, 6) is 2.65. The van der Waals surface area contributed by atoms with E-state index in [0.717, 1.165) is 23.4 Å². The van der Waals surface area contributed by atoms with Gasteiger partial charge in [-0.2, -0.15) is 0 Å².